The second-order valence-electron chi connectivity index (χ2n) is 4.26. The summed E-state index contributed by atoms with van der Waals surface area (Å²) in [4.78, 5) is 29.6. The Hall–Kier alpha value is -1.87. The van der Waals surface area contributed by atoms with Crippen LogP contribution in [0.2, 0.25) is 0 Å². The predicted octanol–water partition coefficient (Wildman–Crippen LogP) is -0.517. The zero-order chi connectivity index (χ0) is 14.7. The van der Waals surface area contributed by atoms with Crippen LogP contribution in [0.4, 0.5) is 10.9 Å². The van der Waals surface area contributed by atoms with Gasteiger partial charge in [-0.15, -0.1) is 0 Å². The Labute approximate surface area is 120 Å². The lowest BCUT2D eigenvalue weighted by molar-refractivity contribution is -0.127. The van der Waals surface area contributed by atoms with Crippen molar-refractivity contribution >= 4 is 34.1 Å². The van der Waals surface area contributed by atoms with E-state index in [1.165, 1.54) is 16.2 Å². The molecule has 2 heterocycles. The number of rotatable bonds is 4. The molecule has 1 aliphatic heterocycles. The monoisotopic (exact) mass is 299 g/mol. The van der Waals surface area contributed by atoms with Gasteiger partial charge < -0.3 is 26.4 Å². The molecule has 0 aromatic carbocycles. The Morgan fingerprint density at radius 1 is 1.60 bits per heavy atom. The quantitative estimate of drug-likeness (QED) is 0.687. The molecule has 1 atom stereocenters. The van der Waals surface area contributed by atoms with E-state index < -0.39 is 11.9 Å². The van der Waals surface area contributed by atoms with Crippen LogP contribution < -0.4 is 16.8 Å². The molecule has 1 aromatic heterocycles. The molecule has 1 aliphatic rings. The lowest BCUT2D eigenvalue weighted by atomic mass is 10.2. The molecule has 5 N–H and O–H groups in total. The summed E-state index contributed by atoms with van der Waals surface area (Å²) in [6.45, 7) is 3.39. The first-order valence-electron chi connectivity index (χ1n) is 6.22. The minimum atomic E-state index is -0.764. The van der Waals surface area contributed by atoms with E-state index >= 15 is 0 Å². The number of ether oxygens (including phenoxy) is 1. The number of thiazole rings is 1. The molecule has 0 aliphatic carbocycles. The van der Waals surface area contributed by atoms with Crippen molar-refractivity contribution in [1.82, 2.24) is 9.88 Å². The molecule has 1 fully saturated rings. The molecule has 20 heavy (non-hydrogen) atoms. The number of nitrogens with one attached hydrogen (secondary N) is 1. The van der Waals surface area contributed by atoms with Crippen molar-refractivity contribution in [3.05, 3.63) is 4.88 Å². The maximum Gasteiger partial charge on any atom is 0.268 e. The van der Waals surface area contributed by atoms with Gasteiger partial charge in [0.05, 0.1) is 13.2 Å². The molecule has 9 heteroatoms. The fourth-order valence-corrected chi connectivity index (χ4v) is 2.83. The van der Waals surface area contributed by atoms with Crippen LogP contribution in [0.25, 0.3) is 0 Å². The van der Waals surface area contributed by atoms with Crippen LogP contribution in [0, 0.1) is 0 Å². The van der Waals surface area contributed by atoms with E-state index in [2.05, 4.69) is 10.3 Å². The highest BCUT2D eigenvalue weighted by atomic mass is 32.1. The van der Waals surface area contributed by atoms with Gasteiger partial charge in [-0.2, -0.15) is 0 Å². The Morgan fingerprint density at radius 2 is 2.35 bits per heavy atom. The molecule has 2 rings (SSSR count). The average Bonchev–Trinajstić information content (AvgIpc) is 2.79. The standard InChI is InChI=1S/C11H17N5O3S/c1-2-14-11-15-8(12)7(20-11)10(18)16-3-4-19-5-6(16)9(13)17/h6H,2-5,12H2,1H3,(H2,13,17)(H,14,15). The highest BCUT2D eigenvalue weighted by molar-refractivity contribution is 7.18. The van der Waals surface area contributed by atoms with Crippen LogP contribution in [0.1, 0.15) is 16.6 Å². The molecule has 0 saturated carbocycles. The van der Waals surface area contributed by atoms with E-state index in [0.717, 1.165) is 0 Å². The first-order valence-corrected chi connectivity index (χ1v) is 7.04. The van der Waals surface area contributed by atoms with Crippen molar-refractivity contribution in [2.45, 2.75) is 13.0 Å². The number of primary amides is 1. The van der Waals surface area contributed by atoms with Crippen molar-refractivity contribution in [2.75, 3.05) is 37.4 Å². The summed E-state index contributed by atoms with van der Waals surface area (Å²) < 4.78 is 5.18. The molecular weight excluding hydrogens is 282 g/mol. The molecule has 0 bridgehead atoms. The third kappa shape index (κ3) is 2.83. The second kappa shape index (κ2) is 6.06. The number of morpholine rings is 1. The van der Waals surface area contributed by atoms with E-state index in [-0.39, 0.29) is 18.3 Å². The van der Waals surface area contributed by atoms with E-state index in [1.54, 1.807) is 0 Å². The van der Waals surface area contributed by atoms with Crippen molar-refractivity contribution in [3.8, 4) is 0 Å². The molecular formula is C11H17N5O3S. The van der Waals surface area contributed by atoms with Crippen LogP contribution in [-0.4, -0.2) is 54.0 Å². The lowest BCUT2D eigenvalue weighted by Crippen LogP contribution is -2.54. The lowest BCUT2D eigenvalue weighted by Gasteiger charge is -2.33. The molecule has 1 unspecified atom stereocenters. The summed E-state index contributed by atoms with van der Waals surface area (Å²) in [5, 5.41) is 3.58. The van der Waals surface area contributed by atoms with Gasteiger partial charge in [-0.25, -0.2) is 4.98 Å². The topological polar surface area (TPSA) is 124 Å². The fraction of sp³-hybridized carbons (Fsp3) is 0.545. The number of hydrogen-bond donors (Lipinski definition) is 3. The maximum absolute atomic E-state index is 12.5. The summed E-state index contributed by atoms with van der Waals surface area (Å²) >= 11 is 1.17. The molecule has 2 amide bonds. The third-order valence-electron chi connectivity index (χ3n) is 2.89. The number of carbonyl (C=O) groups excluding carboxylic acids is 2. The van der Waals surface area contributed by atoms with Crippen molar-refractivity contribution in [1.29, 1.82) is 0 Å². The van der Waals surface area contributed by atoms with Gasteiger partial charge in [-0.3, -0.25) is 9.59 Å². The van der Waals surface area contributed by atoms with Gasteiger partial charge in [-0.1, -0.05) is 11.3 Å². The SMILES string of the molecule is CCNc1nc(N)c(C(=O)N2CCOCC2C(N)=O)s1. The zero-order valence-electron chi connectivity index (χ0n) is 11.1. The van der Waals surface area contributed by atoms with E-state index in [9.17, 15) is 9.59 Å². The normalized spacial score (nSPS) is 18.9. The maximum atomic E-state index is 12.5. The first kappa shape index (κ1) is 14.5. The van der Waals surface area contributed by atoms with Crippen LogP contribution in [0.15, 0.2) is 0 Å². The van der Waals surface area contributed by atoms with E-state index in [4.69, 9.17) is 16.2 Å². The minimum Gasteiger partial charge on any atom is -0.382 e. The van der Waals surface area contributed by atoms with E-state index in [0.29, 0.717) is 29.7 Å². The smallest absolute Gasteiger partial charge is 0.268 e. The van der Waals surface area contributed by atoms with Crippen LogP contribution >= 0.6 is 11.3 Å². The van der Waals surface area contributed by atoms with Gasteiger partial charge in [0.25, 0.3) is 5.91 Å². The van der Waals surface area contributed by atoms with Crippen LogP contribution in [-0.2, 0) is 9.53 Å². The number of nitrogen functional groups attached to an aromatic ring is 1. The molecule has 110 valence electrons. The highest BCUT2D eigenvalue weighted by Gasteiger charge is 2.33. The minimum absolute atomic E-state index is 0.111. The first-order chi connectivity index (χ1) is 9.54. The summed E-state index contributed by atoms with van der Waals surface area (Å²) in [6.07, 6.45) is 0. The highest BCUT2D eigenvalue weighted by Crippen LogP contribution is 2.27. The van der Waals surface area contributed by atoms with Crippen LogP contribution in [0.3, 0.4) is 0 Å². The van der Waals surface area contributed by atoms with Gasteiger partial charge in [-0.05, 0) is 6.92 Å². The Bertz CT molecular complexity index is 518. The summed E-state index contributed by atoms with van der Waals surface area (Å²) in [7, 11) is 0. The Kier molecular flexibility index (Phi) is 4.40. The number of nitrogens with two attached hydrogens (primary N) is 2. The number of carbonyl (C=O) groups is 2. The largest absolute Gasteiger partial charge is 0.382 e. The Balaban J connectivity index is 2.22. The van der Waals surface area contributed by atoms with Crippen molar-refractivity contribution in [2.24, 2.45) is 5.73 Å². The van der Waals surface area contributed by atoms with Gasteiger partial charge in [0, 0.05) is 13.1 Å². The summed E-state index contributed by atoms with van der Waals surface area (Å²) in [5.74, 6) is -0.769. The van der Waals surface area contributed by atoms with Crippen LogP contribution in [0.5, 0.6) is 0 Å². The molecule has 0 radical (unpaired) electrons. The van der Waals surface area contributed by atoms with Gasteiger partial charge in [0.15, 0.2) is 5.13 Å². The summed E-state index contributed by atoms with van der Waals surface area (Å²) in [5.41, 5.74) is 11.1. The molecule has 1 saturated heterocycles. The number of nitrogens with zero attached hydrogens (tertiary/aromatic N) is 2. The fourth-order valence-electron chi connectivity index (χ4n) is 1.92. The number of anilines is 2. The number of amides is 2. The molecule has 0 spiro atoms. The predicted molar refractivity (Wildman–Crippen MR) is 75.5 cm³/mol. The number of hydrogen-bond acceptors (Lipinski definition) is 7. The van der Waals surface area contributed by atoms with E-state index in [1.807, 2.05) is 6.92 Å². The molecule has 1 aromatic rings. The van der Waals surface area contributed by atoms with Gasteiger partial charge in [0.1, 0.15) is 16.7 Å². The zero-order valence-corrected chi connectivity index (χ0v) is 11.9. The Morgan fingerprint density at radius 3 is 3.00 bits per heavy atom. The summed E-state index contributed by atoms with van der Waals surface area (Å²) in [6, 6.07) is -0.764. The van der Waals surface area contributed by atoms with Gasteiger partial charge >= 0.3 is 0 Å². The third-order valence-corrected chi connectivity index (χ3v) is 3.91. The average molecular weight is 299 g/mol. The van der Waals surface area contributed by atoms with Crippen molar-refractivity contribution < 1.29 is 14.3 Å². The van der Waals surface area contributed by atoms with Gasteiger partial charge in [0.2, 0.25) is 5.91 Å². The van der Waals surface area contributed by atoms with Crippen molar-refractivity contribution in [3.63, 3.8) is 0 Å². The number of aromatic nitrogens is 1. The molecule has 8 nitrogen and oxygen atoms in total. The second-order valence-corrected chi connectivity index (χ2v) is 5.25.